The summed E-state index contributed by atoms with van der Waals surface area (Å²) in [7, 11) is 0. The molecule has 3 rings (SSSR count). The van der Waals surface area contributed by atoms with Gasteiger partial charge in [0.1, 0.15) is 5.70 Å². The zero-order chi connectivity index (χ0) is 16.2. The molecule has 0 spiro atoms. The molecule has 1 aromatic carbocycles. The van der Waals surface area contributed by atoms with Gasteiger partial charge in [-0.15, -0.1) is 0 Å². The van der Waals surface area contributed by atoms with Crippen molar-refractivity contribution in [1.29, 1.82) is 0 Å². The number of likely N-dealkylation sites (tertiary alicyclic amines) is 1. The van der Waals surface area contributed by atoms with E-state index in [1.807, 2.05) is 29.4 Å². The smallest absolute Gasteiger partial charge is 0.279 e. The highest BCUT2D eigenvalue weighted by Gasteiger charge is 2.31. The fourth-order valence-corrected chi connectivity index (χ4v) is 3.48. The Hall–Kier alpha value is -1.59. The molecule has 1 saturated heterocycles. The van der Waals surface area contributed by atoms with Crippen molar-refractivity contribution in [2.45, 2.75) is 26.2 Å². The number of carbonyl (C=O) groups is 1. The molecule has 4 nitrogen and oxygen atoms in total. The second kappa shape index (κ2) is 7.32. The van der Waals surface area contributed by atoms with E-state index in [1.54, 1.807) is 0 Å². The van der Waals surface area contributed by atoms with Crippen LogP contribution in [-0.4, -0.2) is 46.9 Å². The maximum atomic E-state index is 12.7. The highest BCUT2D eigenvalue weighted by molar-refractivity contribution is 8.13. The van der Waals surface area contributed by atoms with E-state index in [9.17, 15) is 4.79 Å². The van der Waals surface area contributed by atoms with E-state index in [0.29, 0.717) is 12.4 Å². The highest BCUT2D eigenvalue weighted by Crippen LogP contribution is 2.24. The first-order valence-electron chi connectivity index (χ1n) is 8.12. The third-order valence-electron chi connectivity index (χ3n) is 4.26. The number of rotatable bonds is 3. The maximum Gasteiger partial charge on any atom is 0.279 e. The summed E-state index contributed by atoms with van der Waals surface area (Å²) in [6, 6.07) is 8.15. The Morgan fingerprint density at radius 1 is 1.17 bits per heavy atom. The predicted octanol–water partition coefficient (Wildman–Crippen LogP) is 3.34. The molecule has 1 fully saturated rings. The number of amidine groups is 1. The Morgan fingerprint density at radius 3 is 2.52 bits per heavy atom. The summed E-state index contributed by atoms with van der Waals surface area (Å²) in [4.78, 5) is 21.4. The first-order valence-corrected chi connectivity index (χ1v) is 9.35. The van der Waals surface area contributed by atoms with Gasteiger partial charge in [-0.3, -0.25) is 14.6 Å². The summed E-state index contributed by atoms with van der Waals surface area (Å²) in [5.41, 5.74) is 2.77. The van der Waals surface area contributed by atoms with E-state index in [4.69, 9.17) is 0 Å². The van der Waals surface area contributed by atoms with Crippen LogP contribution in [0.5, 0.6) is 0 Å². The minimum absolute atomic E-state index is 0.0144. The number of nitrogens with zero attached hydrogens (tertiary/aromatic N) is 3. The summed E-state index contributed by atoms with van der Waals surface area (Å²) < 4.78 is 0. The lowest BCUT2D eigenvalue weighted by Gasteiger charge is -2.30. The van der Waals surface area contributed by atoms with Gasteiger partial charge >= 0.3 is 0 Å². The van der Waals surface area contributed by atoms with E-state index >= 15 is 0 Å². The molecule has 0 N–H and O–H groups in total. The minimum atomic E-state index is 0.0144. The molecule has 5 heteroatoms. The molecular formula is C18H23N3OS. The molecule has 0 radical (unpaired) electrons. The average Bonchev–Trinajstić information content (AvgIpc) is 2.87. The lowest BCUT2D eigenvalue weighted by Crippen LogP contribution is -2.43. The highest BCUT2D eigenvalue weighted by atomic mass is 32.2. The van der Waals surface area contributed by atoms with Crippen molar-refractivity contribution >= 4 is 28.9 Å². The molecule has 122 valence electrons. The third-order valence-corrected chi connectivity index (χ3v) is 4.94. The Morgan fingerprint density at radius 2 is 1.87 bits per heavy atom. The number of benzene rings is 1. The van der Waals surface area contributed by atoms with Gasteiger partial charge in [0.25, 0.3) is 5.91 Å². The average molecular weight is 329 g/mol. The number of aryl methyl sites for hydroxylation is 1. The van der Waals surface area contributed by atoms with Gasteiger partial charge in [-0.25, -0.2) is 4.99 Å². The number of amides is 1. The van der Waals surface area contributed by atoms with Crippen LogP contribution in [0.15, 0.2) is 35.0 Å². The van der Waals surface area contributed by atoms with Crippen LogP contribution in [0.3, 0.4) is 0 Å². The first kappa shape index (κ1) is 16.3. The van der Waals surface area contributed by atoms with Gasteiger partial charge in [0, 0.05) is 0 Å². The lowest BCUT2D eigenvalue weighted by atomic mass is 10.1. The molecule has 1 aromatic rings. The number of carbonyl (C=O) groups excluding carboxylic acids is 1. The van der Waals surface area contributed by atoms with Gasteiger partial charge in [0.15, 0.2) is 5.17 Å². The molecule has 0 aromatic heterocycles. The number of hydrogen-bond donors (Lipinski definition) is 0. The molecule has 23 heavy (non-hydrogen) atoms. The fraction of sp³-hybridized carbons (Fsp3) is 0.444. The number of piperidine rings is 1. The fourth-order valence-electron chi connectivity index (χ4n) is 2.93. The minimum Gasteiger partial charge on any atom is -0.286 e. The SMILES string of the molecule is CSC1=N/C(=C\c2ccc(C)cc2)C(=O)N1CN1CCCCC1. The van der Waals surface area contributed by atoms with Crippen molar-refractivity contribution in [3.05, 3.63) is 41.1 Å². The summed E-state index contributed by atoms with van der Waals surface area (Å²) in [6.07, 6.45) is 7.60. The van der Waals surface area contributed by atoms with Crippen LogP contribution in [0.25, 0.3) is 6.08 Å². The molecule has 2 aliphatic heterocycles. The van der Waals surface area contributed by atoms with Crippen molar-refractivity contribution in [3.8, 4) is 0 Å². The van der Waals surface area contributed by atoms with Gasteiger partial charge in [-0.1, -0.05) is 48.0 Å². The van der Waals surface area contributed by atoms with Gasteiger partial charge in [0.2, 0.25) is 0 Å². The molecule has 0 saturated carbocycles. The van der Waals surface area contributed by atoms with Crippen LogP contribution in [0.4, 0.5) is 0 Å². The van der Waals surface area contributed by atoms with Crippen LogP contribution >= 0.6 is 11.8 Å². The van der Waals surface area contributed by atoms with E-state index in [0.717, 1.165) is 23.8 Å². The topological polar surface area (TPSA) is 35.9 Å². The Balaban J connectivity index is 1.77. The van der Waals surface area contributed by atoms with Crippen molar-refractivity contribution in [3.63, 3.8) is 0 Å². The first-order chi connectivity index (χ1) is 11.2. The third kappa shape index (κ3) is 3.85. The van der Waals surface area contributed by atoms with E-state index in [-0.39, 0.29) is 5.91 Å². The second-order valence-electron chi connectivity index (χ2n) is 6.09. The molecular weight excluding hydrogens is 306 g/mol. The lowest BCUT2D eigenvalue weighted by molar-refractivity contribution is -0.124. The maximum absolute atomic E-state index is 12.7. The van der Waals surface area contributed by atoms with Crippen LogP contribution in [-0.2, 0) is 4.79 Å². The zero-order valence-electron chi connectivity index (χ0n) is 13.8. The standard InChI is InChI=1S/C18H23N3OS/c1-14-6-8-15(9-7-14)12-16-17(22)21(18(19-16)23-2)13-20-10-4-3-5-11-20/h6-9,12H,3-5,10-11,13H2,1-2H3/b16-12-. The van der Waals surface area contributed by atoms with Crippen molar-refractivity contribution in [1.82, 2.24) is 9.80 Å². The van der Waals surface area contributed by atoms with Crippen LogP contribution in [0.1, 0.15) is 30.4 Å². The van der Waals surface area contributed by atoms with Crippen LogP contribution < -0.4 is 0 Å². The van der Waals surface area contributed by atoms with Crippen molar-refractivity contribution < 1.29 is 4.79 Å². The van der Waals surface area contributed by atoms with Gasteiger partial charge < -0.3 is 0 Å². The second-order valence-corrected chi connectivity index (χ2v) is 6.87. The molecule has 0 atom stereocenters. The Kier molecular flexibility index (Phi) is 5.18. The predicted molar refractivity (Wildman–Crippen MR) is 97.2 cm³/mol. The van der Waals surface area contributed by atoms with Crippen molar-refractivity contribution in [2.75, 3.05) is 26.0 Å². The summed E-state index contributed by atoms with van der Waals surface area (Å²) >= 11 is 1.54. The quantitative estimate of drug-likeness (QED) is 0.798. The largest absolute Gasteiger partial charge is 0.286 e. The Bertz CT molecular complexity index is 630. The van der Waals surface area contributed by atoms with E-state index < -0.39 is 0 Å². The number of aliphatic imine (C=N–C) groups is 1. The molecule has 2 heterocycles. The summed E-state index contributed by atoms with van der Waals surface area (Å²) in [5, 5.41) is 0.805. The number of thioether (sulfide) groups is 1. The number of hydrogen-bond acceptors (Lipinski definition) is 4. The van der Waals surface area contributed by atoms with Crippen LogP contribution in [0.2, 0.25) is 0 Å². The van der Waals surface area contributed by atoms with E-state index in [2.05, 4.69) is 28.9 Å². The van der Waals surface area contributed by atoms with Gasteiger partial charge in [-0.2, -0.15) is 0 Å². The molecule has 0 unspecified atom stereocenters. The normalized spacial score (nSPS) is 21.1. The summed E-state index contributed by atoms with van der Waals surface area (Å²) in [5.74, 6) is 0.0144. The molecule has 0 bridgehead atoms. The molecule has 1 amide bonds. The molecule has 2 aliphatic rings. The van der Waals surface area contributed by atoms with Gasteiger partial charge in [-0.05, 0) is 50.8 Å². The Labute approximate surface area is 142 Å². The van der Waals surface area contributed by atoms with E-state index in [1.165, 1.54) is 36.6 Å². The van der Waals surface area contributed by atoms with Crippen molar-refractivity contribution in [2.24, 2.45) is 4.99 Å². The zero-order valence-corrected chi connectivity index (χ0v) is 14.6. The molecule has 0 aliphatic carbocycles. The summed E-state index contributed by atoms with van der Waals surface area (Å²) in [6.45, 7) is 4.86. The monoisotopic (exact) mass is 329 g/mol. The van der Waals surface area contributed by atoms with Crippen LogP contribution in [0, 0.1) is 6.92 Å². The van der Waals surface area contributed by atoms with Gasteiger partial charge in [0.05, 0.1) is 6.67 Å².